The van der Waals surface area contributed by atoms with Gasteiger partial charge in [-0.3, -0.25) is 9.36 Å². The number of hydrogen-bond acceptors (Lipinski definition) is 3. The van der Waals surface area contributed by atoms with Gasteiger partial charge in [0.25, 0.3) is 5.91 Å². The average Bonchev–Trinajstić information content (AvgIpc) is 3.15. The highest BCUT2D eigenvalue weighted by molar-refractivity contribution is 7.98. The summed E-state index contributed by atoms with van der Waals surface area (Å²) >= 11 is 1.45. The average molecular weight is 291 g/mol. The Hall–Kier alpha value is -1.82. The van der Waals surface area contributed by atoms with Crippen LogP contribution in [0.4, 0.5) is 4.39 Å². The molecule has 1 aromatic heterocycles. The smallest absolute Gasteiger partial charge is 0.270 e. The topological polar surface area (TPSA) is 46.9 Å². The summed E-state index contributed by atoms with van der Waals surface area (Å²) < 4.78 is 14.8. The van der Waals surface area contributed by atoms with Crippen LogP contribution in [0.3, 0.4) is 0 Å². The normalized spacial score (nSPS) is 14.3. The van der Waals surface area contributed by atoms with Gasteiger partial charge in [-0.05, 0) is 43.4 Å². The number of nitrogens with one attached hydrogen (secondary N) is 1. The molecule has 20 heavy (non-hydrogen) atoms. The van der Waals surface area contributed by atoms with Crippen LogP contribution in [0.1, 0.15) is 23.3 Å². The van der Waals surface area contributed by atoms with Gasteiger partial charge >= 0.3 is 0 Å². The molecule has 0 unspecified atom stereocenters. The van der Waals surface area contributed by atoms with Crippen molar-refractivity contribution in [2.75, 3.05) is 6.26 Å². The van der Waals surface area contributed by atoms with E-state index >= 15 is 0 Å². The molecule has 0 radical (unpaired) electrons. The molecular formula is C14H14FN3OS. The lowest BCUT2D eigenvalue weighted by atomic mass is 10.3. The van der Waals surface area contributed by atoms with E-state index < -0.39 is 0 Å². The number of halogens is 1. The van der Waals surface area contributed by atoms with Gasteiger partial charge in [0.2, 0.25) is 0 Å². The number of rotatable bonds is 4. The van der Waals surface area contributed by atoms with E-state index in [-0.39, 0.29) is 17.8 Å². The maximum atomic E-state index is 13.0. The maximum absolute atomic E-state index is 13.0. The molecule has 1 saturated carbocycles. The standard InChI is InChI=1S/C14H14FN3OS/c1-20-14-16-8-12(13(19)17-10-4-5-10)18(14)11-6-2-9(15)3-7-11/h2-3,6-8,10H,4-5H2,1H3,(H,17,19). The Bertz CT molecular complexity index is 634. The predicted octanol–water partition coefficient (Wildman–Crippen LogP) is 2.63. The first kappa shape index (κ1) is 13.2. The molecule has 0 saturated heterocycles. The van der Waals surface area contributed by atoms with Gasteiger partial charge in [-0.1, -0.05) is 11.8 Å². The highest BCUT2D eigenvalue weighted by Crippen LogP contribution is 2.24. The van der Waals surface area contributed by atoms with Crippen LogP contribution >= 0.6 is 11.8 Å². The molecule has 1 fully saturated rings. The Morgan fingerprint density at radius 3 is 2.70 bits per heavy atom. The molecule has 0 aliphatic heterocycles. The van der Waals surface area contributed by atoms with E-state index in [1.54, 1.807) is 22.9 Å². The number of nitrogens with zero attached hydrogens (tertiary/aromatic N) is 2. The molecule has 1 heterocycles. The number of imidazole rings is 1. The van der Waals surface area contributed by atoms with E-state index in [9.17, 15) is 9.18 Å². The van der Waals surface area contributed by atoms with Crippen molar-refractivity contribution in [3.63, 3.8) is 0 Å². The highest BCUT2D eigenvalue weighted by atomic mass is 32.2. The van der Waals surface area contributed by atoms with Crippen LogP contribution in [0.25, 0.3) is 5.69 Å². The van der Waals surface area contributed by atoms with Gasteiger partial charge in [-0.15, -0.1) is 0 Å². The minimum atomic E-state index is -0.302. The number of carbonyl (C=O) groups is 1. The molecule has 1 aromatic carbocycles. The van der Waals surface area contributed by atoms with Crippen molar-refractivity contribution in [1.82, 2.24) is 14.9 Å². The van der Waals surface area contributed by atoms with E-state index in [4.69, 9.17) is 0 Å². The molecule has 1 aliphatic rings. The molecule has 4 nitrogen and oxygen atoms in total. The number of amides is 1. The van der Waals surface area contributed by atoms with E-state index in [2.05, 4.69) is 10.3 Å². The molecular weight excluding hydrogens is 277 g/mol. The molecule has 1 aliphatic carbocycles. The summed E-state index contributed by atoms with van der Waals surface area (Å²) in [5.74, 6) is -0.437. The van der Waals surface area contributed by atoms with Crippen molar-refractivity contribution in [1.29, 1.82) is 0 Å². The van der Waals surface area contributed by atoms with E-state index in [0.717, 1.165) is 18.5 Å². The van der Waals surface area contributed by atoms with Crippen molar-refractivity contribution in [2.24, 2.45) is 0 Å². The molecule has 0 spiro atoms. The first-order chi connectivity index (χ1) is 9.69. The molecule has 3 rings (SSSR count). The van der Waals surface area contributed by atoms with Crippen LogP contribution in [0.15, 0.2) is 35.6 Å². The van der Waals surface area contributed by atoms with Crippen LogP contribution < -0.4 is 5.32 Å². The van der Waals surface area contributed by atoms with E-state index in [0.29, 0.717) is 10.9 Å². The zero-order chi connectivity index (χ0) is 14.1. The van der Waals surface area contributed by atoms with Crippen LogP contribution in [-0.2, 0) is 0 Å². The molecule has 0 atom stereocenters. The zero-order valence-electron chi connectivity index (χ0n) is 11.0. The molecule has 2 aromatic rings. The van der Waals surface area contributed by atoms with Crippen molar-refractivity contribution in [3.05, 3.63) is 42.0 Å². The fourth-order valence-corrected chi connectivity index (χ4v) is 2.51. The predicted molar refractivity (Wildman–Crippen MR) is 75.8 cm³/mol. The van der Waals surface area contributed by atoms with Crippen molar-refractivity contribution in [3.8, 4) is 5.69 Å². The van der Waals surface area contributed by atoms with Gasteiger partial charge in [0.15, 0.2) is 5.16 Å². The number of hydrogen-bond donors (Lipinski definition) is 1. The summed E-state index contributed by atoms with van der Waals surface area (Å²) in [6.45, 7) is 0. The van der Waals surface area contributed by atoms with E-state index in [1.165, 1.54) is 23.9 Å². The Morgan fingerprint density at radius 1 is 1.40 bits per heavy atom. The van der Waals surface area contributed by atoms with Crippen molar-refractivity contribution >= 4 is 17.7 Å². The quantitative estimate of drug-likeness (QED) is 0.881. The number of aromatic nitrogens is 2. The zero-order valence-corrected chi connectivity index (χ0v) is 11.8. The van der Waals surface area contributed by atoms with Crippen molar-refractivity contribution in [2.45, 2.75) is 24.0 Å². The largest absolute Gasteiger partial charge is 0.348 e. The minimum Gasteiger partial charge on any atom is -0.348 e. The summed E-state index contributed by atoms with van der Waals surface area (Å²) in [6, 6.07) is 6.33. The minimum absolute atomic E-state index is 0.135. The lowest BCUT2D eigenvalue weighted by molar-refractivity contribution is 0.0943. The van der Waals surface area contributed by atoms with Gasteiger partial charge in [0.05, 0.1) is 6.20 Å². The van der Waals surface area contributed by atoms with Gasteiger partial charge in [0.1, 0.15) is 11.5 Å². The second-order valence-electron chi connectivity index (χ2n) is 4.69. The van der Waals surface area contributed by atoms with Crippen LogP contribution in [0, 0.1) is 5.82 Å². The van der Waals surface area contributed by atoms with Crippen LogP contribution in [-0.4, -0.2) is 27.8 Å². The third kappa shape index (κ3) is 2.56. The monoisotopic (exact) mass is 291 g/mol. The molecule has 104 valence electrons. The Labute approximate surface area is 120 Å². The highest BCUT2D eigenvalue weighted by Gasteiger charge is 2.26. The van der Waals surface area contributed by atoms with Crippen LogP contribution in [0.2, 0.25) is 0 Å². The first-order valence-corrected chi connectivity index (χ1v) is 7.60. The van der Waals surface area contributed by atoms with Gasteiger partial charge in [0, 0.05) is 11.7 Å². The molecule has 0 bridgehead atoms. The molecule has 1 N–H and O–H groups in total. The summed E-state index contributed by atoms with van der Waals surface area (Å²) in [5.41, 5.74) is 1.21. The molecule has 6 heteroatoms. The van der Waals surface area contributed by atoms with Crippen molar-refractivity contribution < 1.29 is 9.18 Å². The maximum Gasteiger partial charge on any atom is 0.270 e. The lowest BCUT2D eigenvalue weighted by Gasteiger charge is -2.10. The molecule has 1 amide bonds. The van der Waals surface area contributed by atoms with Gasteiger partial charge in [-0.25, -0.2) is 9.37 Å². The number of carbonyl (C=O) groups excluding carboxylic acids is 1. The Kier molecular flexibility index (Phi) is 3.48. The van der Waals surface area contributed by atoms with Crippen LogP contribution in [0.5, 0.6) is 0 Å². The van der Waals surface area contributed by atoms with Gasteiger partial charge < -0.3 is 5.32 Å². The fourth-order valence-electron chi connectivity index (χ4n) is 1.97. The summed E-state index contributed by atoms with van der Waals surface area (Å²) in [6.07, 6.45) is 5.52. The van der Waals surface area contributed by atoms with Gasteiger partial charge in [-0.2, -0.15) is 0 Å². The lowest BCUT2D eigenvalue weighted by Crippen LogP contribution is -2.27. The summed E-state index contributed by atoms with van der Waals surface area (Å²) in [5, 5.41) is 3.65. The fraction of sp³-hybridized carbons (Fsp3) is 0.286. The Balaban J connectivity index is 2.00. The first-order valence-electron chi connectivity index (χ1n) is 6.37. The summed E-state index contributed by atoms with van der Waals surface area (Å²) in [7, 11) is 0. The number of thioether (sulfide) groups is 1. The SMILES string of the molecule is CSc1ncc(C(=O)NC2CC2)n1-c1ccc(F)cc1. The third-order valence-corrected chi connectivity index (χ3v) is 3.80. The second-order valence-corrected chi connectivity index (χ2v) is 5.46. The second kappa shape index (κ2) is 5.28. The Morgan fingerprint density at radius 2 is 2.10 bits per heavy atom. The number of benzene rings is 1. The third-order valence-electron chi connectivity index (χ3n) is 3.14. The summed E-state index contributed by atoms with van der Waals surface area (Å²) in [4.78, 5) is 16.5. The van der Waals surface area contributed by atoms with E-state index in [1.807, 2.05) is 6.26 Å².